The van der Waals surface area contributed by atoms with Crippen LogP contribution in [-0.2, 0) is 0 Å². The predicted octanol–water partition coefficient (Wildman–Crippen LogP) is 2.88. The number of methoxy groups -OCH3 is 1. The van der Waals surface area contributed by atoms with Gasteiger partial charge in [-0.25, -0.2) is 14.8 Å². The van der Waals surface area contributed by atoms with Crippen LogP contribution < -0.4 is 9.47 Å². The molecule has 1 atom stereocenters. The van der Waals surface area contributed by atoms with Crippen LogP contribution in [0.4, 0.5) is 0 Å². The fourth-order valence-electron chi connectivity index (χ4n) is 2.96. The van der Waals surface area contributed by atoms with Crippen molar-refractivity contribution in [3.05, 3.63) is 46.7 Å². The first-order chi connectivity index (χ1) is 12.8. The van der Waals surface area contributed by atoms with Crippen LogP contribution in [0.15, 0.2) is 18.2 Å². The summed E-state index contributed by atoms with van der Waals surface area (Å²) in [5, 5.41) is 11.4. The van der Waals surface area contributed by atoms with E-state index in [1.165, 1.54) is 0 Å². The van der Waals surface area contributed by atoms with Crippen molar-refractivity contribution in [3.8, 4) is 17.3 Å². The highest BCUT2D eigenvalue weighted by atomic mass is 16.5. The van der Waals surface area contributed by atoms with E-state index >= 15 is 0 Å². The van der Waals surface area contributed by atoms with Crippen LogP contribution in [0.5, 0.6) is 11.6 Å². The molecular formula is C19H23N5O3. The zero-order valence-electron chi connectivity index (χ0n) is 16.3. The Hall–Kier alpha value is -3.16. The lowest BCUT2D eigenvalue weighted by Gasteiger charge is -2.15. The first-order valence-electron chi connectivity index (χ1n) is 8.63. The van der Waals surface area contributed by atoms with E-state index < -0.39 is 6.10 Å². The summed E-state index contributed by atoms with van der Waals surface area (Å²) in [5.74, 6) is 2.33. The Kier molecular flexibility index (Phi) is 4.98. The van der Waals surface area contributed by atoms with Gasteiger partial charge in [0.2, 0.25) is 11.7 Å². The summed E-state index contributed by atoms with van der Waals surface area (Å²) in [7, 11) is 1.60. The van der Waals surface area contributed by atoms with E-state index in [0.717, 1.165) is 5.56 Å². The molecule has 0 bridgehead atoms. The summed E-state index contributed by atoms with van der Waals surface area (Å²) in [4.78, 5) is 17.2. The number of rotatable bonds is 6. The van der Waals surface area contributed by atoms with E-state index in [-0.39, 0.29) is 5.78 Å². The van der Waals surface area contributed by atoms with Crippen molar-refractivity contribution in [2.75, 3.05) is 7.11 Å². The van der Waals surface area contributed by atoms with E-state index in [4.69, 9.17) is 9.47 Å². The van der Waals surface area contributed by atoms with Crippen LogP contribution in [0.3, 0.4) is 0 Å². The first-order valence-corrected chi connectivity index (χ1v) is 8.63. The Morgan fingerprint density at radius 3 is 2.56 bits per heavy atom. The largest absolute Gasteiger partial charge is 0.497 e. The lowest BCUT2D eigenvalue weighted by atomic mass is 10.0. The number of ether oxygens (including phenoxy) is 2. The van der Waals surface area contributed by atoms with Gasteiger partial charge in [-0.2, -0.15) is 10.2 Å². The fourth-order valence-corrected chi connectivity index (χ4v) is 2.96. The number of Topliss-reactive ketones (excluding diaryl/α,β-unsaturated/α-hetero) is 1. The molecule has 0 spiro atoms. The van der Waals surface area contributed by atoms with Crippen LogP contribution in [0.1, 0.15) is 40.2 Å². The third-order valence-corrected chi connectivity index (χ3v) is 4.33. The number of nitrogens with zero attached hydrogens (tertiary/aromatic N) is 4. The average Bonchev–Trinajstić information content (AvgIpc) is 3.15. The second-order valence-corrected chi connectivity index (χ2v) is 6.41. The Balaban J connectivity index is 1.88. The highest BCUT2D eigenvalue weighted by Gasteiger charge is 2.24. The normalized spacial score (nSPS) is 12.1. The number of carbonyl (C=O) groups excluding carboxylic acids is 1. The molecule has 1 aromatic carbocycles. The summed E-state index contributed by atoms with van der Waals surface area (Å²) in [6, 6.07) is 5.34. The van der Waals surface area contributed by atoms with Gasteiger partial charge in [0.15, 0.2) is 11.8 Å². The van der Waals surface area contributed by atoms with E-state index in [2.05, 4.69) is 20.3 Å². The molecule has 0 amide bonds. The monoisotopic (exact) mass is 369 g/mol. The number of aromatic nitrogens is 5. The maximum Gasteiger partial charge on any atom is 0.236 e. The predicted molar refractivity (Wildman–Crippen MR) is 99.9 cm³/mol. The fraction of sp³-hybridized carbons (Fsp3) is 0.368. The number of benzene rings is 1. The van der Waals surface area contributed by atoms with Gasteiger partial charge in [-0.05, 0) is 58.4 Å². The topological polar surface area (TPSA) is 94.9 Å². The minimum Gasteiger partial charge on any atom is -0.497 e. The second-order valence-electron chi connectivity index (χ2n) is 6.41. The summed E-state index contributed by atoms with van der Waals surface area (Å²) in [5.41, 5.74) is 2.78. The molecule has 0 aliphatic rings. The van der Waals surface area contributed by atoms with Crippen LogP contribution in [0, 0.1) is 27.7 Å². The second kappa shape index (κ2) is 7.22. The third kappa shape index (κ3) is 3.55. The highest BCUT2D eigenvalue weighted by Crippen LogP contribution is 2.26. The molecule has 3 aromatic rings. The molecule has 1 unspecified atom stereocenters. The number of H-pyrrole nitrogens is 1. The van der Waals surface area contributed by atoms with Crippen molar-refractivity contribution in [1.29, 1.82) is 0 Å². The van der Waals surface area contributed by atoms with Gasteiger partial charge >= 0.3 is 0 Å². The quantitative estimate of drug-likeness (QED) is 0.671. The number of carbonyl (C=O) groups is 1. The minimum absolute atomic E-state index is 0.125. The molecule has 0 aliphatic carbocycles. The molecule has 0 radical (unpaired) electrons. The van der Waals surface area contributed by atoms with Crippen molar-refractivity contribution in [3.63, 3.8) is 0 Å². The number of hydrogen-bond acceptors (Lipinski definition) is 6. The number of aromatic amines is 1. The SMILES string of the molecule is COc1ccc(C(=O)C(C)Oc2[nH]nc(C)c2-n2nc(C)nc2C)c(C)c1. The van der Waals surface area contributed by atoms with E-state index in [0.29, 0.717) is 40.2 Å². The molecule has 0 saturated carbocycles. The van der Waals surface area contributed by atoms with Crippen LogP contribution in [-0.4, -0.2) is 44.0 Å². The number of ketones is 1. The summed E-state index contributed by atoms with van der Waals surface area (Å²) in [6.45, 7) is 9.10. The molecular weight excluding hydrogens is 346 g/mol. The van der Waals surface area contributed by atoms with Crippen molar-refractivity contribution in [1.82, 2.24) is 25.0 Å². The molecule has 3 rings (SSSR count). The van der Waals surface area contributed by atoms with Crippen LogP contribution in [0.2, 0.25) is 0 Å². The van der Waals surface area contributed by atoms with Gasteiger partial charge in [-0.15, -0.1) is 0 Å². The molecule has 2 aromatic heterocycles. The number of hydrogen-bond donors (Lipinski definition) is 1. The molecule has 142 valence electrons. The van der Waals surface area contributed by atoms with Crippen molar-refractivity contribution < 1.29 is 14.3 Å². The Morgan fingerprint density at radius 1 is 1.22 bits per heavy atom. The molecule has 2 heterocycles. The van der Waals surface area contributed by atoms with Gasteiger partial charge in [0.1, 0.15) is 17.4 Å². The zero-order chi connectivity index (χ0) is 19.7. The number of aryl methyl sites for hydroxylation is 4. The van der Waals surface area contributed by atoms with E-state index in [1.54, 1.807) is 30.8 Å². The van der Waals surface area contributed by atoms with Crippen LogP contribution in [0.25, 0.3) is 5.69 Å². The summed E-state index contributed by atoms with van der Waals surface area (Å²) < 4.78 is 12.8. The van der Waals surface area contributed by atoms with Gasteiger partial charge in [0.25, 0.3) is 0 Å². The maximum absolute atomic E-state index is 12.9. The molecule has 1 N–H and O–H groups in total. The zero-order valence-corrected chi connectivity index (χ0v) is 16.3. The van der Waals surface area contributed by atoms with Gasteiger partial charge in [0, 0.05) is 5.56 Å². The van der Waals surface area contributed by atoms with Gasteiger partial charge in [0.05, 0.1) is 12.8 Å². The Labute approximate surface area is 157 Å². The summed E-state index contributed by atoms with van der Waals surface area (Å²) >= 11 is 0. The third-order valence-electron chi connectivity index (χ3n) is 4.33. The van der Waals surface area contributed by atoms with Gasteiger partial charge in [-0.3, -0.25) is 4.79 Å². The molecule has 8 nitrogen and oxygen atoms in total. The van der Waals surface area contributed by atoms with Crippen LogP contribution >= 0.6 is 0 Å². The van der Waals surface area contributed by atoms with Crippen molar-refractivity contribution >= 4 is 5.78 Å². The standard InChI is InChI=1S/C19H23N5O3/c1-10-9-15(26-6)7-8-16(10)18(25)12(3)27-19-17(11(2)21-22-19)24-14(5)20-13(4)23-24/h7-9,12H,1-6H3,(H,21,22). The molecule has 0 fully saturated rings. The van der Waals surface area contributed by atoms with Crippen molar-refractivity contribution in [2.24, 2.45) is 0 Å². The molecule has 8 heteroatoms. The minimum atomic E-state index is -0.708. The number of nitrogens with one attached hydrogen (secondary N) is 1. The molecule has 27 heavy (non-hydrogen) atoms. The molecule has 0 aliphatic heterocycles. The highest BCUT2D eigenvalue weighted by molar-refractivity contribution is 6.00. The summed E-state index contributed by atoms with van der Waals surface area (Å²) in [6.07, 6.45) is -0.708. The lowest BCUT2D eigenvalue weighted by molar-refractivity contribution is 0.0810. The Bertz CT molecular complexity index is 989. The van der Waals surface area contributed by atoms with Gasteiger partial charge in [-0.1, -0.05) is 0 Å². The van der Waals surface area contributed by atoms with Crippen molar-refractivity contribution in [2.45, 2.75) is 40.7 Å². The lowest BCUT2D eigenvalue weighted by Crippen LogP contribution is -2.25. The first kappa shape index (κ1) is 18.6. The van der Waals surface area contributed by atoms with Gasteiger partial charge < -0.3 is 9.47 Å². The average molecular weight is 369 g/mol. The molecule has 0 saturated heterocycles. The van der Waals surface area contributed by atoms with E-state index in [1.807, 2.05) is 33.8 Å². The maximum atomic E-state index is 12.9. The van der Waals surface area contributed by atoms with E-state index in [9.17, 15) is 4.79 Å². The Morgan fingerprint density at radius 2 is 1.96 bits per heavy atom. The smallest absolute Gasteiger partial charge is 0.236 e.